The Kier molecular flexibility index (Phi) is 10.7. The maximum atomic E-state index is 13.9. The van der Waals surface area contributed by atoms with Crippen molar-refractivity contribution < 1.29 is 31.2 Å². The summed E-state index contributed by atoms with van der Waals surface area (Å²) in [7, 11) is -4.31. The molecule has 2 amide bonds. The fraction of sp³-hybridized carbons (Fsp3) is 0.286. The van der Waals surface area contributed by atoms with Crippen LogP contribution in [0.3, 0.4) is 0 Å². The zero-order valence-electron chi connectivity index (χ0n) is 22.2. The van der Waals surface area contributed by atoms with E-state index in [4.69, 9.17) is 23.2 Å². The molecule has 1 atom stereocenters. The minimum absolute atomic E-state index is 0.0855. The third-order valence-electron chi connectivity index (χ3n) is 6.09. The maximum absolute atomic E-state index is 13.9. The highest BCUT2D eigenvalue weighted by Crippen LogP contribution is 2.36. The summed E-state index contributed by atoms with van der Waals surface area (Å²) in [6.45, 7) is 0.924. The number of halogens is 5. The molecule has 220 valence electrons. The van der Waals surface area contributed by atoms with Gasteiger partial charge in [-0.2, -0.15) is 13.2 Å². The molecule has 7 nitrogen and oxygen atoms in total. The molecule has 0 radical (unpaired) electrons. The van der Waals surface area contributed by atoms with E-state index in [1.807, 2.05) is 0 Å². The molecule has 3 aromatic rings. The number of hydrogen-bond donors (Lipinski definition) is 1. The van der Waals surface area contributed by atoms with Crippen LogP contribution in [0, 0.1) is 0 Å². The normalized spacial score (nSPS) is 12.5. The average molecular weight is 631 g/mol. The van der Waals surface area contributed by atoms with Gasteiger partial charge >= 0.3 is 6.18 Å². The zero-order valence-corrected chi connectivity index (χ0v) is 24.5. The lowest BCUT2D eigenvalue weighted by Gasteiger charge is -2.33. The Bertz CT molecular complexity index is 1490. The number of hydrogen-bond acceptors (Lipinski definition) is 4. The second-order valence-corrected chi connectivity index (χ2v) is 11.9. The molecule has 0 saturated carbocycles. The second-order valence-electron chi connectivity index (χ2n) is 9.19. The summed E-state index contributed by atoms with van der Waals surface area (Å²) in [5.41, 5.74) is -0.375. The Morgan fingerprint density at radius 1 is 0.951 bits per heavy atom. The van der Waals surface area contributed by atoms with E-state index in [2.05, 4.69) is 5.32 Å². The Hall–Kier alpha value is -3.28. The first-order valence-electron chi connectivity index (χ1n) is 12.4. The highest BCUT2D eigenvalue weighted by atomic mass is 35.5. The van der Waals surface area contributed by atoms with Crippen molar-refractivity contribution >= 4 is 50.7 Å². The van der Waals surface area contributed by atoms with Crippen LogP contribution in [-0.2, 0) is 38.8 Å². The van der Waals surface area contributed by atoms with Gasteiger partial charge in [0.15, 0.2) is 0 Å². The minimum Gasteiger partial charge on any atom is -0.355 e. The standard InChI is InChI=1S/C28H28Cl2F3N3O4S/c1-3-34-27(38)25(15-19-8-5-4-6-9-19)35(17-20-10-7-11-22(29)14-20)26(37)18-36(41(2,39)40)24-16-21(28(31,32)33)12-13-23(24)30/h4-14,16,25H,3,15,17-18H2,1-2H3,(H,34,38)/t25-/m0/s1. The van der Waals surface area contributed by atoms with Crippen molar-refractivity contribution in [3.05, 3.63) is 99.5 Å². The fourth-order valence-corrected chi connectivity index (χ4v) is 5.49. The average Bonchev–Trinajstić information content (AvgIpc) is 2.89. The number of sulfonamides is 1. The van der Waals surface area contributed by atoms with Gasteiger partial charge in [-0.1, -0.05) is 65.7 Å². The predicted molar refractivity (Wildman–Crippen MR) is 153 cm³/mol. The highest BCUT2D eigenvalue weighted by molar-refractivity contribution is 7.92. The molecule has 0 unspecified atom stereocenters. The van der Waals surface area contributed by atoms with Crippen LogP contribution in [0.25, 0.3) is 0 Å². The highest BCUT2D eigenvalue weighted by Gasteiger charge is 2.35. The maximum Gasteiger partial charge on any atom is 0.416 e. The SMILES string of the molecule is CCNC(=O)[C@H](Cc1ccccc1)N(Cc1cccc(Cl)c1)C(=O)CN(c1cc(C(F)(F)F)ccc1Cl)S(C)(=O)=O. The molecule has 0 aromatic heterocycles. The molecule has 13 heteroatoms. The van der Waals surface area contributed by atoms with Gasteiger partial charge in [0, 0.05) is 24.5 Å². The first kappa shape index (κ1) is 32.2. The smallest absolute Gasteiger partial charge is 0.355 e. The number of amides is 2. The third kappa shape index (κ3) is 8.85. The van der Waals surface area contributed by atoms with Gasteiger partial charge in [0.2, 0.25) is 21.8 Å². The van der Waals surface area contributed by atoms with E-state index in [1.54, 1.807) is 61.5 Å². The lowest BCUT2D eigenvalue weighted by atomic mass is 10.0. The van der Waals surface area contributed by atoms with Crippen molar-refractivity contribution in [1.82, 2.24) is 10.2 Å². The molecule has 0 heterocycles. The summed E-state index contributed by atoms with van der Waals surface area (Å²) in [6, 6.07) is 16.6. The Balaban J connectivity index is 2.10. The van der Waals surface area contributed by atoms with E-state index in [0.29, 0.717) is 27.0 Å². The number of rotatable bonds is 11. The Morgan fingerprint density at radius 2 is 1.61 bits per heavy atom. The quantitative estimate of drug-likeness (QED) is 0.301. The molecule has 0 spiro atoms. The van der Waals surface area contributed by atoms with Crippen LogP contribution in [0.15, 0.2) is 72.8 Å². The van der Waals surface area contributed by atoms with E-state index in [-0.39, 0.29) is 24.5 Å². The Morgan fingerprint density at radius 3 is 2.20 bits per heavy atom. The molecule has 3 rings (SSSR count). The number of nitrogens with zero attached hydrogens (tertiary/aromatic N) is 2. The topological polar surface area (TPSA) is 86.8 Å². The van der Waals surface area contributed by atoms with Crippen LogP contribution < -0.4 is 9.62 Å². The summed E-state index contributed by atoms with van der Waals surface area (Å²) < 4.78 is 66.5. The summed E-state index contributed by atoms with van der Waals surface area (Å²) >= 11 is 12.3. The van der Waals surface area contributed by atoms with Gasteiger partial charge < -0.3 is 10.2 Å². The molecular formula is C28H28Cl2F3N3O4S. The predicted octanol–water partition coefficient (Wildman–Crippen LogP) is 5.55. The molecule has 0 saturated heterocycles. The summed E-state index contributed by atoms with van der Waals surface area (Å²) in [6.07, 6.45) is -3.95. The molecule has 0 bridgehead atoms. The van der Waals surface area contributed by atoms with Crippen molar-refractivity contribution in [2.45, 2.75) is 32.1 Å². The number of nitrogens with one attached hydrogen (secondary N) is 1. The van der Waals surface area contributed by atoms with Crippen LogP contribution in [0.2, 0.25) is 10.0 Å². The molecular weight excluding hydrogens is 602 g/mol. The largest absolute Gasteiger partial charge is 0.416 e. The van der Waals surface area contributed by atoms with Crippen molar-refractivity contribution in [3.63, 3.8) is 0 Å². The number of alkyl halides is 3. The van der Waals surface area contributed by atoms with Gasteiger partial charge in [0.25, 0.3) is 0 Å². The monoisotopic (exact) mass is 629 g/mol. The van der Waals surface area contributed by atoms with Crippen LogP contribution in [0.1, 0.15) is 23.6 Å². The van der Waals surface area contributed by atoms with E-state index < -0.39 is 51.9 Å². The molecule has 41 heavy (non-hydrogen) atoms. The minimum atomic E-state index is -4.79. The van der Waals surface area contributed by atoms with Crippen molar-refractivity contribution in [1.29, 1.82) is 0 Å². The number of carbonyl (C=O) groups excluding carboxylic acids is 2. The van der Waals surface area contributed by atoms with Crippen molar-refractivity contribution in [2.24, 2.45) is 0 Å². The lowest BCUT2D eigenvalue weighted by molar-refractivity contribution is -0.140. The van der Waals surface area contributed by atoms with Gasteiger partial charge in [0.1, 0.15) is 12.6 Å². The Labute approximate surface area is 246 Å². The first-order chi connectivity index (χ1) is 19.2. The van der Waals surface area contributed by atoms with Crippen LogP contribution >= 0.6 is 23.2 Å². The van der Waals surface area contributed by atoms with Gasteiger partial charge in [0.05, 0.1) is 22.5 Å². The van der Waals surface area contributed by atoms with E-state index in [0.717, 1.165) is 17.9 Å². The van der Waals surface area contributed by atoms with Crippen LogP contribution in [0.4, 0.5) is 18.9 Å². The van der Waals surface area contributed by atoms with Gasteiger partial charge in [-0.05, 0) is 48.4 Å². The number of likely N-dealkylation sites (N-methyl/N-ethyl adjacent to an activating group) is 1. The van der Waals surface area contributed by atoms with Gasteiger partial charge in [-0.3, -0.25) is 13.9 Å². The third-order valence-corrected chi connectivity index (χ3v) is 7.77. The summed E-state index contributed by atoms with van der Waals surface area (Å²) in [4.78, 5) is 28.4. The second kappa shape index (κ2) is 13.6. The number of anilines is 1. The summed E-state index contributed by atoms with van der Waals surface area (Å²) in [5.74, 6) is -1.33. The van der Waals surface area contributed by atoms with E-state index in [9.17, 15) is 31.2 Å². The zero-order chi connectivity index (χ0) is 30.4. The molecule has 0 aliphatic rings. The van der Waals surface area contributed by atoms with Gasteiger partial charge in [-0.15, -0.1) is 0 Å². The number of carbonyl (C=O) groups is 2. The lowest BCUT2D eigenvalue weighted by Crippen LogP contribution is -2.53. The number of benzene rings is 3. The summed E-state index contributed by atoms with van der Waals surface area (Å²) in [5, 5.41) is 2.78. The van der Waals surface area contributed by atoms with E-state index >= 15 is 0 Å². The molecule has 0 aliphatic heterocycles. The van der Waals surface area contributed by atoms with Crippen LogP contribution in [0.5, 0.6) is 0 Å². The van der Waals surface area contributed by atoms with Crippen LogP contribution in [-0.4, -0.2) is 50.5 Å². The molecule has 0 fully saturated rings. The molecule has 1 N–H and O–H groups in total. The first-order valence-corrected chi connectivity index (χ1v) is 15.0. The van der Waals surface area contributed by atoms with Crippen molar-refractivity contribution in [2.75, 3.05) is 23.7 Å². The van der Waals surface area contributed by atoms with Crippen molar-refractivity contribution in [3.8, 4) is 0 Å². The molecule has 3 aromatic carbocycles. The van der Waals surface area contributed by atoms with Gasteiger partial charge in [-0.25, -0.2) is 8.42 Å². The molecule has 0 aliphatic carbocycles. The van der Waals surface area contributed by atoms with E-state index in [1.165, 1.54) is 4.90 Å². The fourth-order valence-electron chi connectivity index (χ4n) is 4.15.